The molecule has 2 aromatic carbocycles. The number of amides is 3. The molecule has 0 saturated carbocycles. The second-order valence-corrected chi connectivity index (χ2v) is 5.79. The normalized spacial score (nSPS) is 16.6. The van der Waals surface area contributed by atoms with E-state index in [0.29, 0.717) is 24.2 Å². The Morgan fingerprint density at radius 3 is 2.32 bits per heavy atom. The first-order valence-corrected chi connectivity index (χ1v) is 8.15. The lowest BCUT2D eigenvalue weighted by Gasteiger charge is -2.24. The van der Waals surface area contributed by atoms with Gasteiger partial charge in [0, 0.05) is 17.8 Å². The van der Waals surface area contributed by atoms with Gasteiger partial charge in [-0.3, -0.25) is 19.3 Å². The number of hydrogen-bond acceptors (Lipinski definition) is 3. The molecule has 0 radical (unpaired) electrons. The summed E-state index contributed by atoms with van der Waals surface area (Å²) in [6, 6.07) is 17.5. The Morgan fingerprint density at radius 1 is 1.00 bits per heavy atom. The van der Waals surface area contributed by atoms with Crippen LogP contribution in [0.1, 0.15) is 12.8 Å². The molecule has 0 aromatic heterocycles. The molecule has 1 fully saturated rings. The fourth-order valence-corrected chi connectivity index (χ4v) is 2.86. The number of rotatable bonds is 5. The van der Waals surface area contributed by atoms with Gasteiger partial charge < -0.3 is 10.6 Å². The number of nitrogens with zero attached hydrogens (tertiary/aromatic N) is 1. The number of carbonyl (C=O) groups excluding carboxylic acids is 3. The fourth-order valence-electron chi connectivity index (χ4n) is 2.86. The van der Waals surface area contributed by atoms with Crippen LogP contribution in [0.5, 0.6) is 0 Å². The Bertz CT molecular complexity index is 762. The highest BCUT2D eigenvalue weighted by Gasteiger charge is 2.36. The molecule has 128 valence electrons. The first-order chi connectivity index (χ1) is 12.1. The van der Waals surface area contributed by atoms with Crippen LogP contribution in [-0.2, 0) is 14.4 Å². The van der Waals surface area contributed by atoms with E-state index in [2.05, 4.69) is 10.6 Å². The van der Waals surface area contributed by atoms with Crippen molar-refractivity contribution in [1.29, 1.82) is 0 Å². The summed E-state index contributed by atoms with van der Waals surface area (Å²) in [6.45, 7) is -0.138. The highest BCUT2D eigenvalue weighted by atomic mass is 16.2. The van der Waals surface area contributed by atoms with Crippen molar-refractivity contribution in [2.45, 2.75) is 18.9 Å². The maximum Gasteiger partial charge on any atom is 0.243 e. The van der Waals surface area contributed by atoms with Crippen molar-refractivity contribution < 1.29 is 14.4 Å². The van der Waals surface area contributed by atoms with Crippen LogP contribution < -0.4 is 15.5 Å². The SMILES string of the molecule is O=C(CNC(=O)C1CCC(=O)N1c1ccccc1)Nc1ccccc1. The lowest BCUT2D eigenvalue weighted by atomic mass is 10.2. The molecule has 6 nitrogen and oxygen atoms in total. The fraction of sp³-hybridized carbons (Fsp3) is 0.211. The Morgan fingerprint density at radius 2 is 1.64 bits per heavy atom. The molecule has 1 saturated heterocycles. The molecule has 6 heteroatoms. The van der Waals surface area contributed by atoms with Crippen LogP contribution in [0.15, 0.2) is 60.7 Å². The molecule has 1 aliphatic rings. The van der Waals surface area contributed by atoms with Gasteiger partial charge in [-0.25, -0.2) is 0 Å². The maximum atomic E-state index is 12.4. The van der Waals surface area contributed by atoms with Crippen molar-refractivity contribution in [3.63, 3.8) is 0 Å². The molecule has 1 atom stereocenters. The van der Waals surface area contributed by atoms with Crippen LogP contribution >= 0.6 is 0 Å². The topological polar surface area (TPSA) is 78.5 Å². The number of hydrogen-bond donors (Lipinski definition) is 2. The molecule has 0 bridgehead atoms. The van der Waals surface area contributed by atoms with E-state index in [4.69, 9.17) is 0 Å². The van der Waals surface area contributed by atoms with E-state index >= 15 is 0 Å². The second-order valence-electron chi connectivity index (χ2n) is 5.79. The predicted octanol–water partition coefficient (Wildman–Crippen LogP) is 1.94. The highest BCUT2D eigenvalue weighted by Crippen LogP contribution is 2.26. The summed E-state index contributed by atoms with van der Waals surface area (Å²) in [5.74, 6) is -0.715. The summed E-state index contributed by atoms with van der Waals surface area (Å²) in [4.78, 5) is 38.0. The van der Waals surface area contributed by atoms with E-state index in [0.717, 1.165) is 0 Å². The third-order valence-electron chi connectivity index (χ3n) is 4.03. The smallest absolute Gasteiger partial charge is 0.243 e. The van der Waals surface area contributed by atoms with Crippen molar-refractivity contribution in [3.05, 3.63) is 60.7 Å². The van der Waals surface area contributed by atoms with Gasteiger partial charge in [0.15, 0.2) is 0 Å². The minimum Gasteiger partial charge on any atom is -0.345 e. The Labute approximate surface area is 145 Å². The van der Waals surface area contributed by atoms with Crippen LogP contribution in [-0.4, -0.2) is 30.3 Å². The van der Waals surface area contributed by atoms with Gasteiger partial charge >= 0.3 is 0 Å². The van der Waals surface area contributed by atoms with Gasteiger partial charge in [0.25, 0.3) is 0 Å². The molecular formula is C19H19N3O3. The predicted molar refractivity (Wildman–Crippen MR) is 95.0 cm³/mol. The maximum absolute atomic E-state index is 12.4. The van der Waals surface area contributed by atoms with Crippen molar-refractivity contribution >= 4 is 29.1 Å². The molecule has 1 heterocycles. The van der Waals surface area contributed by atoms with E-state index in [1.54, 1.807) is 24.3 Å². The zero-order valence-electron chi connectivity index (χ0n) is 13.6. The average Bonchev–Trinajstić information content (AvgIpc) is 3.03. The Balaban J connectivity index is 1.59. The quantitative estimate of drug-likeness (QED) is 0.875. The number of anilines is 2. The molecular weight excluding hydrogens is 318 g/mol. The van der Waals surface area contributed by atoms with Crippen LogP contribution in [0.25, 0.3) is 0 Å². The van der Waals surface area contributed by atoms with Gasteiger partial charge in [-0.15, -0.1) is 0 Å². The van der Waals surface area contributed by atoms with Crippen LogP contribution in [0, 0.1) is 0 Å². The van der Waals surface area contributed by atoms with Crippen molar-refractivity contribution in [2.75, 3.05) is 16.8 Å². The van der Waals surface area contributed by atoms with Crippen molar-refractivity contribution in [3.8, 4) is 0 Å². The summed E-state index contributed by atoms with van der Waals surface area (Å²) in [6.07, 6.45) is 0.767. The highest BCUT2D eigenvalue weighted by molar-refractivity contribution is 6.04. The first-order valence-electron chi connectivity index (χ1n) is 8.15. The summed E-state index contributed by atoms with van der Waals surface area (Å²) in [5.41, 5.74) is 1.36. The van der Waals surface area contributed by atoms with Gasteiger partial charge in [0.2, 0.25) is 17.7 Å². The van der Waals surface area contributed by atoms with Gasteiger partial charge in [-0.05, 0) is 30.7 Å². The van der Waals surface area contributed by atoms with Crippen LogP contribution in [0.4, 0.5) is 11.4 Å². The summed E-state index contributed by atoms with van der Waals surface area (Å²) in [7, 11) is 0. The van der Waals surface area contributed by atoms with E-state index < -0.39 is 6.04 Å². The third-order valence-corrected chi connectivity index (χ3v) is 4.03. The lowest BCUT2D eigenvalue weighted by Crippen LogP contribution is -2.46. The van der Waals surface area contributed by atoms with E-state index in [1.165, 1.54) is 4.90 Å². The summed E-state index contributed by atoms with van der Waals surface area (Å²) in [5, 5.41) is 5.33. The molecule has 0 aliphatic carbocycles. The number of carbonyl (C=O) groups is 3. The van der Waals surface area contributed by atoms with Gasteiger partial charge in [-0.2, -0.15) is 0 Å². The molecule has 2 aromatic rings. The standard InChI is InChI=1S/C19H19N3O3/c23-17(21-14-7-3-1-4-8-14)13-20-19(25)16-11-12-18(24)22(16)15-9-5-2-6-10-15/h1-10,16H,11-13H2,(H,20,25)(H,21,23). The minimum atomic E-state index is -0.584. The second kappa shape index (κ2) is 7.61. The van der Waals surface area contributed by atoms with Gasteiger partial charge in [0.1, 0.15) is 6.04 Å². The van der Waals surface area contributed by atoms with E-state index in [9.17, 15) is 14.4 Å². The number of benzene rings is 2. The summed E-state index contributed by atoms with van der Waals surface area (Å²) < 4.78 is 0. The lowest BCUT2D eigenvalue weighted by molar-refractivity contribution is -0.125. The largest absolute Gasteiger partial charge is 0.345 e. The summed E-state index contributed by atoms with van der Waals surface area (Å²) >= 11 is 0. The number of nitrogens with one attached hydrogen (secondary N) is 2. The molecule has 0 spiro atoms. The average molecular weight is 337 g/mol. The molecule has 3 rings (SSSR count). The first kappa shape index (κ1) is 16.7. The Kier molecular flexibility index (Phi) is 5.09. The van der Waals surface area contributed by atoms with Crippen molar-refractivity contribution in [1.82, 2.24) is 5.32 Å². The zero-order valence-corrected chi connectivity index (χ0v) is 13.6. The minimum absolute atomic E-state index is 0.0833. The molecule has 1 aliphatic heterocycles. The van der Waals surface area contributed by atoms with Gasteiger partial charge in [-0.1, -0.05) is 36.4 Å². The van der Waals surface area contributed by atoms with Gasteiger partial charge in [0.05, 0.1) is 6.54 Å². The molecule has 25 heavy (non-hydrogen) atoms. The molecule has 1 unspecified atom stereocenters. The van der Waals surface area contributed by atoms with E-state index in [1.807, 2.05) is 36.4 Å². The molecule has 2 N–H and O–H groups in total. The van der Waals surface area contributed by atoms with Crippen LogP contribution in [0.2, 0.25) is 0 Å². The molecule has 3 amide bonds. The van der Waals surface area contributed by atoms with Crippen molar-refractivity contribution in [2.24, 2.45) is 0 Å². The van der Waals surface area contributed by atoms with E-state index in [-0.39, 0.29) is 24.3 Å². The third kappa shape index (κ3) is 4.03. The van der Waals surface area contributed by atoms with Crippen LogP contribution in [0.3, 0.4) is 0 Å². The monoisotopic (exact) mass is 337 g/mol. The Hall–Kier alpha value is -3.15. The number of para-hydroxylation sites is 2. The zero-order chi connectivity index (χ0) is 17.6.